The molecule has 3 heteroatoms. The van der Waals surface area contributed by atoms with Crippen LogP contribution in [0, 0.1) is 0 Å². The van der Waals surface area contributed by atoms with Crippen LogP contribution in [0.25, 0.3) is 0 Å². The normalized spacial score (nSPS) is 33.7. The molecule has 1 aliphatic rings. The zero-order valence-corrected chi connectivity index (χ0v) is 6.22. The summed E-state index contributed by atoms with van der Waals surface area (Å²) in [5, 5.41) is 0. The molecule has 58 valence electrons. The SMILES string of the molecule is C[C@@]1(C(N)=O)CCCCO1. The van der Waals surface area contributed by atoms with Crippen molar-refractivity contribution in [2.75, 3.05) is 6.61 Å². The molecule has 0 saturated carbocycles. The summed E-state index contributed by atoms with van der Waals surface area (Å²) in [5.74, 6) is -0.341. The van der Waals surface area contributed by atoms with Crippen molar-refractivity contribution in [3.05, 3.63) is 0 Å². The van der Waals surface area contributed by atoms with Gasteiger partial charge in [0, 0.05) is 6.61 Å². The third-order valence-corrected chi connectivity index (χ3v) is 1.99. The molecule has 0 radical (unpaired) electrons. The van der Waals surface area contributed by atoms with Crippen molar-refractivity contribution in [1.29, 1.82) is 0 Å². The summed E-state index contributed by atoms with van der Waals surface area (Å²) in [6.07, 6.45) is 2.85. The molecule has 0 spiro atoms. The maximum Gasteiger partial charge on any atom is 0.249 e. The second-order valence-corrected chi connectivity index (χ2v) is 2.90. The van der Waals surface area contributed by atoms with Crippen molar-refractivity contribution in [2.45, 2.75) is 31.8 Å². The first-order valence-electron chi connectivity index (χ1n) is 3.59. The van der Waals surface area contributed by atoms with Crippen LogP contribution in [0.1, 0.15) is 26.2 Å². The molecule has 0 unspecified atom stereocenters. The molecule has 1 heterocycles. The lowest BCUT2D eigenvalue weighted by molar-refractivity contribution is -0.146. The van der Waals surface area contributed by atoms with Crippen molar-refractivity contribution in [3.63, 3.8) is 0 Å². The summed E-state index contributed by atoms with van der Waals surface area (Å²) in [6.45, 7) is 2.42. The number of amides is 1. The summed E-state index contributed by atoms with van der Waals surface area (Å²) >= 11 is 0. The van der Waals surface area contributed by atoms with Crippen molar-refractivity contribution in [3.8, 4) is 0 Å². The molecule has 1 rings (SSSR count). The Hall–Kier alpha value is -0.570. The van der Waals surface area contributed by atoms with E-state index in [1.807, 2.05) is 0 Å². The highest BCUT2D eigenvalue weighted by Crippen LogP contribution is 2.23. The summed E-state index contributed by atoms with van der Waals surface area (Å²) in [4.78, 5) is 10.8. The summed E-state index contributed by atoms with van der Waals surface area (Å²) in [6, 6.07) is 0. The lowest BCUT2D eigenvalue weighted by atomic mass is 9.95. The minimum absolute atomic E-state index is 0.341. The van der Waals surface area contributed by atoms with Crippen molar-refractivity contribution >= 4 is 5.91 Å². The van der Waals surface area contributed by atoms with Gasteiger partial charge in [0.2, 0.25) is 5.91 Å². The van der Waals surface area contributed by atoms with Crippen molar-refractivity contribution in [2.24, 2.45) is 5.73 Å². The first-order chi connectivity index (χ1) is 4.65. The number of carbonyl (C=O) groups is 1. The Morgan fingerprint density at radius 1 is 1.60 bits per heavy atom. The van der Waals surface area contributed by atoms with Crippen LogP contribution in [0.5, 0.6) is 0 Å². The second kappa shape index (κ2) is 2.58. The summed E-state index contributed by atoms with van der Waals surface area (Å²) in [5.41, 5.74) is 4.46. The zero-order valence-electron chi connectivity index (χ0n) is 6.22. The molecule has 1 amide bonds. The minimum atomic E-state index is -0.682. The number of carbonyl (C=O) groups excluding carboxylic acids is 1. The van der Waals surface area contributed by atoms with Crippen LogP contribution < -0.4 is 5.73 Å². The van der Waals surface area contributed by atoms with E-state index < -0.39 is 5.60 Å². The van der Waals surface area contributed by atoms with Crippen LogP contribution in [0.4, 0.5) is 0 Å². The highest BCUT2D eigenvalue weighted by Gasteiger charge is 2.33. The van der Waals surface area contributed by atoms with Gasteiger partial charge in [0.15, 0.2) is 0 Å². The Bertz CT molecular complexity index is 139. The van der Waals surface area contributed by atoms with Crippen LogP contribution >= 0.6 is 0 Å². The summed E-state index contributed by atoms with van der Waals surface area (Å²) < 4.78 is 5.25. The van der Waals surface area contributed by atoms with Gasteiger partial charge in [0.25, 0.3) is 0 Å². The first-order valence-corrected chi connectivity index (χ1v) is 3.59. The van der Waals surface area contributed by atoms with Crippen molar-refractivity contribution in [1.82, 2.24) is 0 Å². The maximum atomic E-state index is 10.8. The van der Waals surface area contributed by atoms with E-state index in [1.165, 1.54) is 0 Å². The largest absolute Gasteiger partial charge is 0.367 e. The molecule has 1 aliphatic heterocycles. The van der Waals surface area contributed by atoms with Crippen molar-refractivity contribution < 1.29 is 9.53 Å². The van der Waals surface area contributed by atoms with E-state index >= 15 is 0 Å². The molecule has 1 saturated heterocycles. The second-order valence-electron chi connectivity index (χ2n) is 2.90. The van der Waals surface area contributed by atoms with Gasteiger partial charge in [0.05, 0.1) is 0 Å². The van der Waals surface area contributed by atoms with Crippen LogP contribution in [-0.4, -0.2) is 18.1 Å². The third-order valence-electron chi connectivity index (χ3n) is 1.99. The molecular weight excluding hydrogens is 130 g/mol. The number of nitrogens with two attached hydrogens (primary N) is 1. The van der Waals surface area contributed by atoms with E-state index in [4.69, 9.17) is 10.5 Å². The predicted molar refractivity (Wildman–Crippen MR) is 37.4 cm³/mol. The van der Waals surface area contributed by atoms with Crippen LogP contribution in [0.2, 0.25) is 0 Å². The molecule has 1 atom stereocenters. The van der Waals surface area contributed by atoms with Gasteiger partial charge in [-0.3, -0.25) is 4.79 Å². The number of primary amides is 1. The Morgan fingerprint density at radius 2 is 2.30 bits per heavy atom. The Balaban J connectivity index is 2.56. The highest BCUT2D eigenvalue weighted by molar-refractivity contribution is 5.83. The van der Waals surface area contributed by atoms with Crippen LogP contribution in [-0.2, 0) is 9.53 Å². The average Bonchev–Trinajstić information content (AvgIpc) is 1.89. The number of rotatable bonds is 1. The van der Waals surface area contributed by atoms with Gasteiger partial charge in [-0.25, -0.2) is 0 Å². The lowest BCUT2D eigenvalue weighted by Crippen LogP contribution is -2.45. The third kappa shape index (κ3) is 1.29. The first kappa shape index (κ1) is 7.54. The lowest BCUT2D eigenvalue weighted by Gasteiger charge is -2.30. The van der Waals surface area contributed by atoms with E-state index in [9.17, 15) is 4.79 Å². The molecular formula is C7H13NO2. The molecule has 0 aliphatic carbocycles. The molecule has 0 aromatic carbocycles. The minimum Gasteiger partial charge on any atom is -0.367 e. The zero-order chi connectivity index (χ0) is 7.61. The Morgan fingerprint density at radius 3 is 2.60 bits per heavy atom. The van der Waals surface area contributed by atoms with Gasteiger partial charge in [-0.05, 0) is 26.2 Å². The van der Waals surface area contributed by atoms with Gasteiger partial charge in [-0.15, -0.1) is 0 Å². The molecule has 0 aromatic heterocycles. The number of hydrogen-bond donors (Lipinski definition) is 1. The van der Waals surface area contributed by atoms with Gasteiger partial charge in [0.1, 0.15) is 5.60 Å². The average molecular weight is 143 g/mol. The van der Waals surface area contributed by atoms with Gasteiger partial charge < -0.3 is 10.5 Å². The highest BCUT2D eigenvalue weighted by atomic mass is 16.5. The fourth-order valence-electron chi connectivity index (χ4n) is 1.13. The number of hydrogen-bond acceptors (Lipinski definition) is 2. The molecule has 10 heavy (non-hydrogen) atoms. The quantitative estimate of drug-likeness (QED) is 0.578. The van der Waals surface area contributed by atoms with Gasteiger partial charge in [-0.1, -0.05) is 0 Å². The Kier molecular flexibility index (Phi) is 1.94. The van der Waals surface area contributed by atoms with Gasteiger partial charge in [-0.2, -0.15) is 0 Å². The van der Waals surface area contributed by atoms with Crippen LogP contribution in [0.15, 0.2) is 0 Å². The van der Waals surface area contributed by atoms with E-state index in [1.54, 1.807) is 6.92 Å². The Labute approximate surface area is 60.5 Å². The maximum absolute atomic E-state index is 10.8. The molecule has 0 aromatic rings. The molecule has 1 fully saturated rings. The topological polar surface area (TPSA) is 52.3 Å². The van der Waals surface area contributed by atoms with Gasteiger partial charge >= 0.3 is 0 Å². The van der Waals surface area contributed by atoms with E-state index in [-0.39, 0.29) is 5.91 Å². The number of ether oxygens (including phenoxy) is 1. The molecule has 2 N–H and O–H groups in total. The molecule has 0 bridgehead atoms. The fraction of sp³-hybridized carbons (Fsp3) is 0.857. The summed E-state index contributed by atoms with van der Waals surface area (Å²) in [7, 11) is 0. The monoisotopic (exact) mass is 143 g/mol. The molecule has 3 nitrogen and oxygen atoms in total. The van der Waals surface area contributed by atoms with Crippen LogP contribution in [0.3, 0.4) is 0 Å². The smallest absolute Gasteiger partial charge is 0.249 e. The predicted octanol–water partition coefficient (Wildman–Crippen LogP) is 0.431. The van der Waals surface area contributed by atoms with E-state index in [2.05, 4.69) is 0 Å². The van der Waals surface area contributed by atoms with E-state index in [0.29, 0.717) is 6.61 Å². The standard InChI is InChI=1S/C7H13NO2/c1-7(6(8)9)4-2-3-5-10-7/h2-5H2,1H3,(H2,8,9)/t7-/m0/s1. The van der Waals surface area contributed by atoms with E-state index in [0.717, 1.165) is 19.3 Å². The fourth-order valence-corrected chi connectivity index (χ4v) is 1.13.